The lowest BCUT2D eigenvalue weighted by Gasteiger charge is -2.28. The van der Waals surface area contributed by atoms with Crippen LogP contribution in [0.15, 0.2) is 42.6 Å². The van der Waals surface area contributed by atoms with Crippen molar-refractivity contribution in [2.24, 2.45) is 0 Å². The minimum Gasteiger partial charge on any atom is -0.471 e. The summed E-state index contributed by atoms with van der Waals surface area (Å²) in [5.74, 6) is 0.657. The van der Waals surface area contributed by atoms with Crippen molar-refractivity contribution >= 4 is 5.91 Å². The Morgan fingerprint density at radius 1 is 1.17 bits per heavy atom. The molecule has 1 aliphatic rings. The van der Waals surface area contributed by atoms with Crippen LogP contribution in [-0.4, -0.2) is 32.1 Å². The van der Waals surface area contributed by atoms with Crippen LogP contribution in [0.1, 0.15) is 45.4 Å². The van der Waals surface area contributed by atoms with Gasteiger partial charge in [0.25, 0.3) is 5.91 Å². The molecule has 3 aromatic rings. The molecule has 0 bridgehead atoms. The number of fused-ring (bicyclic) bond motifs is 1. The Labute approximate surface area is 171 Å². The van der Waals surface area contributed by atoms with Crippen LogP contribution in [0.4, 0.5) is 0 Å². The standard InChI is InChI=1S/C23H26N4O2/c1-4-27-21-9-11-26(23(28)18-7-5-6-16(2)12-18)14-19(21)20(25-27)15-29-22-13-17(3)8-10-24-22/h5-8,10,12-13H,4,9,11,14-15H2,1-3H3. The SMILES string of the molecule is CCn1nc(COc2cc(C)ccn2)c2c1CCN(C(=O)c1cccc(C)c1)C2. The summed E-state index contributed by atoms with van der Waals surface area (Å²) in [4.78, 5) is 19.2. The molecule has 0 saturated carbocycles. The molecule has 1 aliphatic heterocycles. The number of nitrogens with zero attached hydrogens (tertiary/aromatic N) is 4. The van der Waals surface area contributed by atoms with E-state index in [1.807, 2.05) is 59.8 Å². The molecule has 4 rings (SSSR count). The van der Waals surface area contributed by atoms with Crippen molar-refractivity contribution in [1.82, 2.24) is 19.7 Å². The van der Waals surface area contributed by atoms with E-state index in [4.69, 9.17) is 9.84 Å². The van der Waals surface area contributed by atoms with Crippen molar-refractivity contribution in [3.8, 4) is 5.88 Å². The average molecular weight is 390 g/mol. The maximum Gasteiger partial charge on any atom is 0.254 e. The van der Waals surface area contributed by atoms with E-state index in [1.54, 1.807) is 6.20 Å². The third kappa shape index (κ3) is 4.01. The maximum absolute atomic E-state index is 13.0. The summed E-state index contributed by atoms with van der Waals surface area (Å²) in [5, 5.41) is 4.75. The van der Waals surface area contributed by atoms with E-state index in [1.165, 1.54) is 5.69 Å². The first kappa shape index (κ1) is 19.2. The molecule has 6 nitrogen and oxygen atoms in total. The number of rotatable bonds is 5. The molecule has 150 valence electrons. The Bertz CT molecular complexity index is 1040. The van der Waals surface area contributed by atoms with Crippen molar-refractivity contribution in [3.05, 3.63) is 76.2 Å². The van der Waals surface area contributed by atoms with Crippen LogP contribution < -0.4 is 4.74 Å². The van der Waals surface area contributed by atoms with Crippen LogP contribution in [0, 0.1) is 13.8 Å². The molecular formula is C23H26N4O2. The molecule has 0 spiro atoms. The molecule has 29 heavy (non-hydrogen) atoms. The summed E-state index contributed by atoms with van der Waals surface area (Å²) in [6, 6.07) is 11.6. The minimum absolute atomic E-state index is 0.0656. The Balaban J connectivity index is 1.56. The first-order valence-corrected chi connectivity index (χ1v) is 10.0. The van der Waals surface area contributed by atoms with Gasteiger partial charge in [-0.1, -0.05) is 17.7 Å². The zero-order valence-electron chi connectivity index (χ0n) is 17.2. The molecule has 0 radical (unpaired) electrons. The molecule has 1 amide bonds. The highest BCUT2D eigenvalue weighted by Gasteiger charge is 2.28. The molecule has 0 N–H and O–H groups in total. The first-order valence-electron chi connectivity index (χ1n) is 10.0. The number of carbonyl (C=O) groups excluding carboxylic acids is 1. The number of pyridine rings is 1. The van der Waals surface area contributed by atoms with Gasteiger partial charge in [0.1, 0.15) is 12.3 Å². The van der Waals surface area contributed by atoms with Gasteiger partial charge in [-0.2, -0.15) is 5.10 Å². The summed E-state index contributed by atoms with van der Waals surface area (Å²) in [5.41, 5.74) is 6.12. The second kappa shape index (κ2) is 8.07. The quantitative estimate of drug-likeness (QED) is 0.667. The minimum atomic E-state index is 0.0656. The number of hydrogen-bond acceptors (Lipinski definition) is 4. The average Bonchev–Trinajstić information content (AvgIpc) is 3.09. The van der Waals surface area contributed by atoms with Crippen molar-refractivity contribution < 1.29 is 9.53 Å². The van der Waals surface area contributed by atoms with Gasteiger partial charge in [0.15, 0.2) is 0 Å². The number of ether oxygens (including phenoxy) is 1. The van der Waals surface area contributed by atoms with E-state index in [0.717, 1.165) is 40.9 Å². The smallest absolute Gasteiger partial charge is 0.254 e. The number of amides is 1. The van der Waals surface area contributed by atoms with Gasteiger partial charge in [-0.3, -0.25) is 9.48 Å². The van der Waals surface area contributed by atoms with Gasteiger partial charge in [0.2, 0.25) is 5.88 Å². The maximum atomic E-state index is 13.0. The van der Waals surface area contributed by atoms with Gasteiger partial charge < -0.3 is 9.64 Å². The molecule has 0 saturated heterocycles. The molecule has 3 heterocycles. The third-order valence-electron chi connectivity index (χ3n) is 5.32. The van der Waals surface area contributed by atoms with Gasteiger partial charge in [-0.15, -0.1) is 0 Å². The molecule has 0 atom stereocenters. The van der Waals surface area contributed by atoms with E-state index in [2.05, 4.69) is 11.9 Å². The predicted molar refractivity (Wildman–Crippen MR) is 111 cm³/mol. The fraction of sp³-hybridized carbons (Fsp3) is 0.348. The fourth-order valence-corrected chi connectivity index (χ4v) is 3.80. The van der Waals surface area contributed by atoms with Gasteiger partial charge in [-0.25, -0.2) is 4.98 Å². The molecule has 0 fully saturated rings. The number of aryl methyl sites for hydroxylation is 3. The first-order chi connectivity index (χ1) is 14.0. The largest absolute Gasteiger partial charge is 0.471 e. The third-order valence-corrected chi connectivity index (χ3v) is 5.32. The van der Waals surface area contributed by atoms with Crippen LogP contribution in [-0.2, 0) is 26.1 Å². The van der Waals surface area contributed by atoms with E-state index < -0.39 is 0 Å². The molecule has 0 aliphatic carbocycles. The summed E-state index contributed by atoms with van der Waals surface area (Å²) in [6.07, 6.45) is 2.55. The van der Waals surface area contributed by atoms with Crippen LogP contribution in [0.25, 0.3) is 0 Å². The number of aromatic nitrogens is 3. The molecule has 1 aromatic carbocycles. The Morgan fingerprint density at radius 3 is 2.76 bits per heavy atom. The van der Waals surface area contributed by atoms with Crippen molar-refractivity contribution in [2.45, 2.75) is 46.9 Å². The number of carbonyl (C=O) groups is 1. The monoisotopic (exact) mass is 390 g/mol. The Morgan fingerprint density at radius 2 is 2.00 bits per heavy atom. The van der Waals surface area contributed by atoms with Crippen molar-refractivity contribution in [2.75, 3.05) is 6.54 Å². The van der Waals surface area contributed by atoms with Crippen LogP contribution in [0.5, 0.6) is 5.88 Å². The highest BCUT2D eigenvalue weighted by Crippen LogP contribution is 2.25. The lowest BCUT2D eigenvalue weighted by Crippen LogP contribution is -2.36. The van der Waals surface area contributed by atoms with Gasteiger partial charge in [0.05, 0.1) is 0 Å². The predicted octanol–water partition coefficient (Wildman–Crippen LogP) is 3.69. The normalized spacial score (nSPS) is 13.3. The lowest BCUT2D eigenvalue weighted by molar-refractivity contribution is 0.0732. The summed E-state index contributed by atoms with van der Waals surface area (Å²) in [6.45, 7) is 8.51. The molecular weight excluding hydrogens is 364 g/mol. The topological polar surface area (TPSA) is 60.2 Å². The van der Waals surface area contributed by atoms with Crippen LogP contribution in [0.3, 0.4) is 0 Å². The van der Waals surface area contributed by atoms with E-state index >= 15 is 0 Å². The van der Waals surface area contributed by atoms with Gasteiger partial charge in [-0.05, 0) is 44.5 Å². The molecule has 2 aromatic heterocycles. The van der Waals surface area contributed by atoms with Crippen LogP contribution >= 0.6 is 0 Å². The van der Waals surface area contributed by atoms with Crippen LogP contribution in [0.2, 0.25) is 0 Å². The number of benzene rings is 1. The second-order valence-corrected chi connectivity index (χ2v) is 7.49. The van der Waals surface area contributed by atoms with E-state index in [9.17, 15) is 4.79 Å². The zero-order valence-corrected chi connectivity index (χ0v) is 17.2. The van der Waals surface area contributed by atoms with Crippen molar-refractivity contribution in [3.63, 3.8) is 0 Å². The Kier molecular flexibility index (Phi) is 5.34. The van der Waals surface area contributed by atoms with Gasteiger partial charge >= 0.3 is 0 Å². The number of hydrogen-bond donors (Lipinski definition) is 0. The zero-order chi connectivity index (χ0) is 20.4. The van der Waals surface area contributed by atoms with Gasteiger partial charge in [0, 0.05) is 55.1 Å². The second-order valence-electron chi connectivity index (χ2n) is 7.49. The van der Waals surface area contributed by atoms with Crippen molar-refractivity contribution in [1.29, 1.82) is 0 Å². The summed E-state index contributed by atoms with van der Waals surface area (Å²) < 4.78 is 7.94. The van der Waals surface area contributed by atoms with E-state index in [-0.39, 0.29) is 5.91 Å². The highest BCUT2D eigenvalue weighted by atomic mass is 16.5. The summed E-state index contributed by atoms with van der Waals surface area (Å²) in [7, 11) is 0. The lowest BCUT2D eigenvalue weighted by atomic mass is 10.0. The Hall–Kier alpha value is -3.15. The summed E-state index contributed by atoms with van der Waals surface area (Å²) >= 11 is 0. The van der Waals surface area contributed by atoms with E-state index in [0.29, 0.717) is 25.6 Å². The molecule has 6 heteroatoms. The fourth-order valence-electron chi connectivity index (χ4n) is 3.80. The highest BCUT2D eigenvalue weighted by molar-refractivity contribution is 5.94. The molecule has 0 unspecified atom stereocenters.